The minimum atomic E-state index is 1.13. The zero-order chi connectivity index (χ0) is 6.69. The molecule has 0 amide bonds. The third-order valence-corrected chi connectivity index (χ3v) is 2.48. The molecule has 0 aliphatic carbocycles. The van der Waals surface area contributed by atoms with Crippen LogP contribution in [0.4, 0.5) is 0 Å². The zero-order valence-corrected chi connectivity index (χ0v) is 7.54. The first-order chi connectivity index (χ1) is 4.33. The zero-order valence-electron chi connectivity index (χ0n) is 5.39. The third-order valence-electron chi connectivity index (χ3n) is 1.52. The Morgan fingerprint density at radius 2 is 1.78 bits per heavy atom. The van der Waals surface area contributed by atoms with E-state index < -0.39 is 0 Å². The highest BCUT2D eigenvalue weighted by Crippen LogP contribution is 2.05. The van der Waals surface area contributed by atoms with Gasteiger partial charge in [-0.05, 0) is 6.20 Å². The number of piperazine rings is 1. The maximum absolute atomic E-state index is 3.71. The van der Waals surface area contributed by atoms with Crippen LogP contribution in [0.15, 0.2) is 12.8 Å². The van der Waals surface area contributed by atoms with Crippen LogP contribution in [0.3, 0.4) is 0 Å². The Balaban J connectivity index is 2.26. The third kappa shape index (κ3) is 2.14. The van der Waals surface area contributed by atoms with Gasteiger partial charge in [-0.3, -0.25) is 0 Å². The number of hydrogen-bond donors (Lipinski definition) is 0. The van der Waals surface area contributed by atoms with Crippen LogP contribution in [-0.2, 0) is 0 Å². The maximum atomic E-state index is 3.71. The van der Waals surface area contributed by atoms with Gasteiger partial charge in [0.2, 0.25) is 0 Å². The quantitative estimate of drug-likeness (QED) is 0.498. The van der Waals surface area contributed by atoms with E-state index in [-0.39, 0.29) is 0 Å². The average Bonchev–Trinajstić information content (AvgIpc) is 1.90. The summed E-state index contributed by atoms with van der Waals surface area (Å²) in [5.41, 5.74) is 0. The Hall–Kier alpha value is 0.230. The lowest BCUT2D eigenvalue weighted by atomic mass is 10.4. The molecular formula is C6H11IN2. The summed E-state index contributed by atoms with van der Waals surface area (Å²) < 4.78 is 2.30. The lowest BCUT2D eigenvalue weighted by molar-refractivity contribution is 0.272. The number of rotatable bonds is 1. The molecule has 1 fully saturated rings. The highest BCUT2D eigenvalue weighted by Gasteiger charge is 2.09. The van der Waals surface area contributed by atoms with Gasteiger partial charge in [-0.25, -0.2) is 3.11 Å². The molecule has 0 saturated carbocycles. The van der Waals surface area contributed by atoms with Gasteiger partial charge in [-0.15, -0.1) is 0 Å². The smallest absolute Gasteiger partial charge is 0.0308 e. The van der Waals surface area contributed by atoms with Crippen molar-refractivity contribution in [3.05, 3.63) is 12.8 Å². The summed E-state index contributed by atoms with van der Waals surface area (Å²) in [5, 5.41) is 0. The molecule has 9 heavy (non-hydrogen) atoms. The highest BCUT2D eigenvalue weighted by molar-refractivity contribution is 14.1. The Morgan fingerprint density at radius 1 is 1.22 bits per heavy atom. The second-order valence-corrected chi connectivity index (χ2v) is 3.49. The van der Waals surface area contributed by atoms with Gasteiger partial charge in [0.25, 0.3) is 0 Å². The molecule has 0 aromatic heterocycles. The number of nitrogens with zero attached hydrogens (tertiary/aromatic N) is 2. The SMILES string of the molecule is C=CN1CCN(I)CC1. The first-order valence-electron chi connectivity index (χ1n) is 3.10. The topological polar surface area (TPSA) is 6.48 Å². The van der Waals surface area contributed by atoms with Crippen LogP contribution in [0.2, 0.25) is 0 Å². The van der Waals surface area contributed by atoms with Gasteiger partial charge in [0, 0.05) is 49.0 Å². The van der Waals surface area contributed by atoms with Crippen molar-refractivity contribution in [3.63, 3.8) is 0 Å². The van der Waals surface area contributed by atoms with E-state index in [2.05, 4.69) is 37.5 Å². The molecule has 0 aromatic rings. The molecule has 0 N–H and O–H groups in total. The van der Waals surface area contributed by atoms with Crippen LogP contribution in [0.1, 0.15) is 0 Å². The molecule has 1 aliphatic rings. The minimum Gasteiger partial charge on any atom is -0.375 e. The molecule has 2 nitrogen and oxygen atoms in total. The van der Waals surface area contributed by atoms with Crippen LogP contribution < -0.4 is 0 Å². The largest absolute Gasteiger partial charge is 0.375 e. The molecule has 1 aliphatic heterocycles. The van der Waals surface area contributed by atoms with Crippen LogP contribution in [0.25, 0.3) is 0 Å². The van der Waals surface area contributed by atoms with Gasteiger partial charge in [0.05, 0.1) is 0 Å². The van der Waals surface area contributed by atoms with E-state index in [0.29, 0.717) is 0 Å². The van der Waals surface area contributed by atoms with Crippen LogP contribution >= 0.6 is 22.9 Å². The van der Waals surface area contributed by atoms with E-state index >= 15 is 0 Å². The van der Waals surface area contributed by atoms with E-state index in [1.165, 1.54) is 0 Å². The fourth-order valence-corrected chi connectivity index (χ4v) is 1.31. The standard InChI is InChI=1S/C6H11IN2/c1-2-8-3-5-9(7)6-4-8/h2H,1,3-6H2. The maximum Gasteiger partial charge on any atom is 0.0308 e. The first-order valence-corrected chi connectivity index (χ1v) is 4.07. The first kappa shape index (κ1) is 7.34. The van der Waals surface area contributed by atoms with E-state index in [1.54, 1.807) is 0 Å². The summed E-state index contributed by atoms with van der Waals surface area (Å²) in [7, 11) is 0. The second kappa shape index (κ2) is 3.41. The van der Waals surface area contributed by atoms with E-state index in [9.17, 15) is 0 Å². The molecule has 0 unspecified atom stereocenters. The van der Waals surface area contributed by atoms with Gasteiger partial charge in [-0.1, -0.05) is 6.58 Å². The van der Waals surface area contributed by atoms with Gasteiger partial charge in [-0.2, -0.15) is 0 Å². The predicted molar refractivity (Wildman–Crippen MR) is 47.4 cm³/mol. The predicted octanol–water partition coefficient (Wildman–Crippen LogP) is 1.10. The van der Waals surface area contributed by atoms with Crippen molar-refractivity contribution in [2.75, 3.05) is 26.2 Å². The van der Waals surface area contributed by atoms with Crippen molar-refractivity contribution in [2.45, 2.75) is 0 Å². The Kier molecular flexibility index (Phi) is 2.78. The summed E-state index contributed by atoms with van der Waals surface area (Å²) in [6, 6.07) is 0. The summed E-state index contributed by atoms with van der Waals surface area (Å²) in [6.07, 6.45) is 1.92. The van der Waals surface area contributed by atoms with Gasteiger partial charge >= 0.3 is 0 Å². The van der Waals surface area contributed by atoms with Gasteiger partial charge < -0.3 is 4.90 Å². The Bertz CT molecular complexity index is 97.2. The minimum absolute atomic E-state index is 1.13. The van der Waals surface area contributed by atoms with E-state index in [0.717, 1.165) is 26.2 Å². The van der Waals surface area contributed by atoms with Gasteiger partial charge in [0.1, 0.15) is 0 Å². The Morgan fingerprint density at radius 3 is 2.22 bits per heavy atom. The van der Waals surface area contributed by atoms with Crippen molar-refractivity contribution in [1.29, 1.82) is 0 Å². The number of halogens is 1. The molecule has 3 heteroatoms. The normalized spacial score (nSPS) is 22.1. The summed E-state index contributed by atoms with van der Waals surface area (Å²) >= 11 is 2.36. The van der Waals surface area contributed by atoms with E-state index in [1.807, 2.05) is 6.20 Å². The fourth-order valence-electron chi connectivity index (χ4n) is 0.880. The summed E-state index contributed by atoms with van der Waals surface area (Å²) in [6.45, 7) is 8.30. The second-order valence-electron chi connectivity index (χ2n) is 2.13. The molecule has 0 aromatic carbocycles. The van der Waals surface area contributed by atoms with E-state index in [4.69, 9.17) is 0 Å². The molecule has 0 spiro atoms. The molecule has 0 bridgehead atoms. The van der Waals surface area contributed by atoms with Crippen LogP contribution in [-0.4, -0.2) is 34.2 Å². The van der Waals surface area contributed by atoms with Crippen molar-refractivity contribution >= 4 is 22.9 Å². The van der Waals surface area contributed by atoms with Crippen molar-refractivity contribution in [1.82, 2.24) is 8.01 Å². The molecular weight excluding hydrogens is 227 g/mol. The lowest BCUT2D eigenvalue weighted by Gasteiger charge is -2.29. The highest BCUT2D eigenvalue weighted by atomic mass is 127. The van der Waals surface area contributed by atoms with Crippen molar-refractivity contribution < 1.29 is 0 Å². The van der Waals surface area contributed by atoms with Crippen molar-refractivity contribution in [3.8, 4) is 0 Å². The molecule has 0 radical (unpaired) electrons. The molecule has 0 atom stereocenters. The molecule has 52 valence electrons. The Labute approximate surface area is 70.0 Å². The van der Waals surface area contributed by atoms with Crippen LogP contribution in [0.5, 0.6) is 0 Å². The lowest BCUT2D eigenvalue weighted by Crippen LogP contribution is -2.38. The molecule has 1 rings (SSSR count). The monoisotopic (exact) mass is 238 g/mol. The molecule has 1 heterocycles. The molecule has 1 saturated heterocycles. The van der Waals surface area contributed by atoms with Crippen molar-refractivity contribution in [2.24, 2.45) is 0 Å². The van der Waals surface area contributed by atoms with Gasteiger partial charge in [0.15, 0.2) is 0 Å². The summed E-state index contributed by atoms with van der Waals surface area (Å²) in [4.78, 5) is 2.25. The number of hydrogen-bond acceptors (Lipinski definition) is 2. The van der Waals surface area contributed by atoms with Crippen LogP contribution in [0, 0.1) is 0 Å². The average molecular weight is 238 g/mol. The summed E-state index contributed by atoms with van der Waals surface area (Å²) in [5.74, 6) is 0. The fraction of sp³-hybridized carbons (Fsp3) is 0.667.